The number of amides is 1. The van der Waals surface area contributed by atoms with E-state index in [4.69, 9.17) is 14.2 Å². The van der Waals surface area contributed by atoms with Crippen molar-refractivity contribution >= 4 is 29.8 Å². The summed E-state index contributed by atoms with van der Waals surface area (Å²) in [5.74, 6) is 0.0373. The van der Waals surface area contributed by atoms with Crippen molar-refractivity contribution in [2.24, 2.45) is 0 Å². The van der Waals surface area contributed by atoms with Crippen molar-refractivity contribution in [3.05, 3.63) is 59.7 Å². The van der Waals surface area contributed by atoms with Crippen LogP contribution in [-0.2, 0) is 23.8 Å². The third-order valence-corrected chi connectivity index (χ3v) is 6.05. The van der Waals surface area contributed by atoms with Crippen LogP contribution in [0.2, 0.25) is 0 Å². The number of nitrogens with one attached hydrogen (secondary N) is 1. The van der Waals surface area contributed by atoms with Gasteiger partial charge in [0.15, 0.2) is 0 Å². The second-order valence-corrected chi connectivity index (χ2v) is 8.60. The summed E-state index contributed by atoms with van der Waals surface area (Å²) in [5.41, 5.74) is 4.64. The number of carbonyl (C=O) groups excluding carboxylic acids is 3. The zero-order valence-corrected chi connectivity index (χ0v) is 19.5. The van der Waals surface area contributed by atoms with E-state index in [1.807, 2.05) is 31.2 Å². The number of alkyl carbamates (subject to hydrolysis) is 1. The van der Waals surface area contributed by atoms with Crippen LogP contribution in [0.4, 0.5) is 4.79 Å². The fourth-order valence-electron chi connectivity index (χ4n) is 3.61. The van der Waals surface area contributed by atoms with Crippen LogP contribution in [0.15, 0.2) is 48.5 Å². The molecule has 0 saturated heterocycles. The topological polar surface area (TPSA) is 90.9 Å². The van der Waals surface area contributed by atoms with Crippen molar-refractivity contribution < 1.29 is 28.6 Å². The van der Waals surface area contributed by atoms with Crippen LogP contribution in [0.1, 0.15) is 36.8 Å². The number of fused-ring (bicyclic) bond motifs is 3. The lowest BCUT2D eigenvalue weighted by Crippen LogP contribution is -2.29. The summed E-state index contributed by atoms with van der Waals surface area (Å²) in [4.78, 5) is 35.2. The van der Waals surface area contributed by atoms with Gasteiger partial charge in [-0.2, -0.15) is 0 Å². The van der Waals surface area contributed by atoms with Crippen molar-refractivity contribution in [1.29, 1.82) is 0 Å². The molecule has 0 aliphatic heterocycles. The molecule has 1 aliphatic carbocycles. The number of thioether (sulfide) groups is 1. The van der Waals surface area contributed by atoms with Crippen molar-refractivity contribution in [1.82, 2.24) is 5.32 Å². The number of carbonyl (C=O) groups is 3. The first-order valence-electron chi connectivity index (χ1n) is 11.1. The Balaban J connectivity index is 1.30. The molecule has 0 saturated carbocycles. The molecule has 0 atom stereocenters. The molecule has 3 rings (SSSR count). The van der Waals surface area contributed by atoms with Crippen LogP contribution in [0, 0.1) is 0 Å². The van der Waals surface area contributed by atoms with E-state index in [2.05, 4.69) is 29.6 Å². The SMILES string of the molecule is CCCOC(=O)CSCCC(=O)OCCNC(=O)OCC1c2ccccc2-c2ccccc21. The Hall–Kier alpha value is -3.00. The monoisotopic (exact) mass is 471 g/mol. The van der Waals surface area contributed by atoms with Gasteiger partial charge in [-0.05, 0) is 28.7 Å². The lowest BCUT2D eigenvalue weighted by Gasteiger charge is -2.14. The highest BCUT2D eigenvalue weighted by molar-refractivity contribution is 7.99. The highest BCUT2D eigenvalue weighted by Gasteiger charge is 2.28. The normalized spacial score (nSPS) is 11.9. The molecule has 0 fully saturated rings. The Labute approximate surface area is 198 Å². The number of rotatable bonds is 12. The van der Waals surface area contributed by atoms with Crippen LogP contribution in [-0.4, -0.2) is 55.9 Å². The molecule has 0 heterocycles. The number of benzene rings is 2. The fourth-order valence-corrected chi connectivity index (χ4v) is 4.31. The Morgan fingerprint density at radius 2 is 1.52 bits per heavy atom. The van der Waals surface area contributed by atoms with Gasteiger partial charge in [0.2, 0.25) is 0 Å². The van der Waals surface area contributed by atoms with Gasteiger partial charge in [-0.3, -0.25) is 9.59 Å². The van der Waals surface area contributed by atoms with E-state index in [9.17, 15) is 14.4 Å². The van der Waals surface area contributed by atoms with Gasteiger partial charge in [0.1, 0.15) is 13.2 Å². The van der Waals surface area contributed by atoms with Crippen molar-refractivity contribution in [3.63, 3.8) is 0 Å². The average molecular weight is 472 g/mol. The highest BCUT2D eigenvalue weighted by Crippen LogP contribution is 2.44. The number of hydrogen-bond acceptors (Lipinski definition) is 7. The molecule has 0 radical (unpaired) electrons. The predicted molar refractivity (Wildman–Crippen MR) is 127 cm³/mol. The maximum absolute atomic E-state index is 12.1. The standard InChI is InChI=1S/C25H29NO6S/c1-2-13-30-24(28)17-33-15-11-23(27)31-14-12-26-25(29)32-16-22-20-9-5-3-7-18(20)19-8-4-6-10-21(19)22/h3-10,22H,2,11-17H2,1H3,(H,26,29). The summed E-state index contributed by atoms with van der Waals surface area (Å²) < 4.78 is 15.5. The van der Waals surface area contributed by atoms with Crippen LogP contribution < -0.4 is 5.32 Å². The molecule has 0 unspecified atom stereocenters. The van der Waals surface area contributed by atoms with E-state index in [0.717, 1.165) is 17.5 Å². The van der Waals surface area contributed by atoms with Crippen LogP contribution >= 0.6 is 11.8 Å². The summed E-state index contributed by atoms with van der Waals surface area (Å²) in [6.45, 7) is 2.81. The molecule has 0 bridgehead atoms. The van der Waals surface area contributed by atoms with Crippen molar-refractivity contribution in [2.45, 2.75) is 25.7 Å². The van der Waals surface area contributed by atoms with E-state index in [1.54, 1.807) is 0 Å². The van der Waals surface area contributed by atoms with E-state index < -0.39 is 6.09 Å². The van der Waals surface area contributed by atoms with E-state index in [0.29, 0.717) is 12.4 Å². The molecule has 1 amide bonds. The third-order valence-electron chi connectivity index (χ3n) is 5.12. The average Bonchev–Trinajstić information content (AvgIpc) is 3.15. The maximum Gasteiger partial charge on any atom is 0.407 e. The van der Waals surface area contributed by atoms with E-state index in [-0.39, 0.29) is 49.8 Å². The minimum absolute atomic E-state index is 0.00210. The van der Waals surface area contributed by atoms with Gasteiger partial charge in [0, 0.05) is 11.7 Å². The fraction of sp³-hybridized carbons (Fsp3) is 0.400. The number of esters is 2. The first-order chi connectivity index (χ1) is 16.1. The number of hydrogen-bond donors (Lipinski definition) is 1. The first-order valence-corrected chi connectivity index (χ1v) is 12.2. The van der Waals surface area contributed by atoms with Gasteiger partial charge in [-0.1, -0.05) is 55.5 Å². The molecule has 2 aromatic carbocycles. The Morgan fingerprint density at radius 1 is 0.879 bits per heavy atom. The number of ether oxygens (including phenoxy) is 3. The summed E-state index contributed by atoms with van der Waals surface area (Å²) in [6, 6.07) is 16.3. The quantitative estimate of drug-likeness (QED) is 0.283. The molecule has 2 aromatic rings. The summed E-state index contributed by atoms with van der Waals surface area (Å²) >= 11 is 1.33. The molecule has 1 aliphatic rings. The zero-order chi connectivity index (χ0) is 23.5. The molecule has 8 heteroatoms. The van der Waals surface area contributed by atoms with Gasteiger partial charge in [-0.25, -0.2) is 4.79 Å². The van der Waals surface area contributed by atoms with E-state index >= 15 is 0 Å². The maximum atomic E-state index is 12.1. The lowest BCUT2D eigenvalue weighted by molar-refractivity contribution is -0.143. The van der Waals surface area contributed by atoms with E-state index in [1.165, 1.54) is 22.9 Å². The molecule has 176 valence electrons. The van der Waals surface area contributed by atoms with Crippen LogP contribution in [0.5, 0.6) is 0 Å². The molecule has 7 nitrogen and oxygen atoms in total. The first kappa shape index (κ1) is 24.6. The highest BCUT2D eigenvalue weighted by atomic mass is 32.2. The Kier molecular flexibility index (Phi) is 9.62. The summed E-state index contributed by atoms with van der Waals surface area (Å²) in [6.07, 6.45) is 0.429. The third kappa shape index (κ3) is 7.25. The molecular weight excluding hydrogens is 442 g/mol. The molecule has 0 spiro atoms. The van der Waals surface area contributed by atoms with Gasteiger partial charge in [0.25, 0.3) is 0 Å². The minimum atomic E-state index is -0.547. The van der Waals surface area contributed by atoms with Crippen molar-refractivity contribution in [3.8, 4) is 11.1 Å². The zero-order valence-electron chi connectivity index (χ0n) is 18.7. The molecule has 33 heavy (non-hydrogen) atoms. The molecule has 0 aromatic heterocycles. The predicted octanol–water partition coefficient (Wildman–Crippen LogP) is 4.14. The van der Waals surface area contributed by atoms with Gasteiger partial charge in [-0.15, -0.1) is 11.8 Å². The largest absolute Gasteiger partial charge is 0.465 e. The van der Waals surface area contributed by atoms with Gasteiger partial charge in [0.05, 0.1) is 25.3 Å². The molecular formula is C25H29NO6S. The van der Waals surface area contributed by atoms with Crippen molar-refractivity contribution in [2.75, 3.05) is 37.9 Å². The molecule has 1 N–H and O–H groups in total. The lowest BCUT2D eigenvalue weighted by atomic mass is 9.98. The minimum Gasteiger partial charge on any atom is -0.465 e. The summed E-state index contributed by atoms with van der Waals surface area (Å²) in [7, 11) is 0. The van der Waals surface area contributed by atoms with Crippen LogP contribution in [0.3, 0.4) is 0 Å². The van der Waals surface area contributed by atoms with Gasteiger partial charge < -0.3 is 19.5 Å². The Morgan fingerprint density at radius 3 is 2.18 bits per heavy atom. The second-order valence-electron chi connectivity index (χ2n) is 7.50. The smallest absolute Gasteiger partial charge is 0.407 e. The summed E-state index contributed by atoms with van der Waals surface area (Å²) in [5, 5.41) is 2.61. The van der Waals surface area contributed by atoms with Crippen LogP contribution in [0.25, 0.3) is 11.1 Å². The Bertz CT molecular complexity index is 918. The second kappa shape index (κ2) is 12.9. The van der Waals surface area contributed by atoms with Gasteiger partial charge >= 0.3 is 18.0 Å².